The standard InChI is InChI=1S/C59H96O14/c1-3-5-7-9-11-13-15-17-19-20-21-22-23-24-25-26-27-28-29-30-32-34-36-38-40-42-51(61)71-48(45-68-43-41-39-37-35-33-31-18-16-14-12-10-8-6-4-2)46-69-58-57(67)55(65)53(63)50(73-58)47-70-59-56(66)54(64)52(62)49(44-60)72-59/h5-8,11-14,17-19,21-22,24-25,31,35,37,48-50,52-60,62-67H,3-4,9-10,15-16,20,23,26-30,32-34,36,38-47H2,1-2H3/b7-5-,8-6-,13-11-,14-12-,19-17-,22-21-,25-24-,31-18-,37-35-. The average molecular weight is 1030 g/mol. The molecule has 2 fully saturated rings. The molecule has 73 heavy (non-hydrogen) atoms. The molecule has 0 bridgehead atoms. The Bertz CT molecular complexity index is 1620. The van der Waals surface area contributed by atoms with Gasteiger partial charge in [0.2, 0.25) is 0 Å². The molecule has 11 atom stereocenters. The van der Waals surface area contributed by atoms with Crippen LogP contribution in [0.3, 0.4) is 0 Å². The van der Waals surface area contributed by atoms with Crippen molar-refractivity contribution in [1.29, 1.82) is 0 Å². The van der Waals surface area contributed by atoms with E-state index in [1.807, 2.05) is 0 Å². The molecule has 2 heterocycles. The first kappa shape index (κ1) is 65.8. The van der Waals surface area contributed by atoms with Crippen LogP contribution < -0.4 is 0 Å². The second-order valence-corrected chi connectivity index (χ2v) is 18.6. The Kier molecular flexibility index (Phi) is 40.4. The Morgan fingerprint density at radius 2 is 0.849 bits per heavy atom. The summed E-state index contributed by atoms with van der Waals surface area (Å²) in [7, 11) is 0. The number of unbranched alkanes of at least 4 members (excludes halogenated alkanes) is 10. The van der Waals surface area contributed by atoms with Crippen molar-refractivity contribution in [2.75, 3.05) is 33.0 Å². The van der Waals surface area contributed by atoms with Gasteiger partial charge in [0, 0.05) is 13.0 Å². The van der Waals surface area contributed by atoms with Crippen LogP contribution in [0.25, 0.3) is 0 Å². The van der Waals surface area contributed by atoms with E-state index in [0.29, 0.717) is 13.0 Å². The Morgan fingerprint density at radius 3 is 1.33 bits per heavy atom. The lowest BCUT2D eigenvalue weighted by molar-refractivity contribution is -0.332. The molecule has 14 nitrogen and oxygen atoms in total. The van der Waals surface area contributed by atoms with Crippen LogP contribution in [0.1, 0.15) is 155 Å². The average Bonchev–Trinajstić information content (AvgIpc) is 3.39. The van der Waals surface area contributed by atoms with E-state index in [1.54, 1.807) is 0 Å². The van der Waals surface area contributed by atoms with Crippen LogP contribution in [0, 0.1) is 0 Å². The van der Waals surface area contributed by atoms with Gasteiger partial charge >= 0.3 is 5.97 Å². The molecule has 14 heteroatoms. The van der Waals surface area contributed by atoms with Gasteiger partial charge in [-0.05, 0) is 89.9 Å². The van der Waals surface area contributed by atoms with Gasteiger partial charge in [0.1, 0.15) is 54.9 Å². The number of esters is 1. The highest BCUT2D eigenvalue weighted by Gasteiger charge is 2.47. The molecule has 0 aliphatic carbocycles. The van der Waals surface area contributed by atoms with Crippen molar-refractivity contribution >= 4 is 5.97 Å². The third kappa shape index (κ3) is 32.0. The molecule has 11 unspecified atom stereocenters. The highest BCUT2D eigenvalue weighted by Crippen LogP contribution is 2.26. The zero-order chi connectivity index (χ0) is 53.0. The van der Waals surface area contributed by atoms with E-state index in [9.17, 15) is 40.5 Å². The summed E-state index contributed by atoms with van der Waals surface area (Å²) in [5.74, 6) is -0.407. The van der Waals surface area contributed by atoms with Gasteiger partial charge in [0.15, 0.2) is 12.6 Å². The number of hydrogen-bond acceptors (Lipinski definition) is 14. The fourth-order valence-electron chi connectivity index (χ4n) is 7.90. The zero-order valence-electron chi connectivity index (χ0n) is 44.3. The lowest BCUT2D eigenvalue weighted by Crippen LogP contribution is -2.61. The SMILES string of the molecule is CC/C=C\C/C=C\C/C=C\C/C=C\C/C=C\CCCCCCCCCCCC(=O)OC(COCCC/C=C\C/C=C\C/C=C\C/C=C\CC)COC1OC(COC2OC(CO)C(O)C(O)C2O)C(O)C(O)C1O. The minimum Gasteiger partial charge on any atom is -0.457 e. The minimum absolute atomic E-state index is 0.0138. The fraction of sp³-hybridized carbons (Fsp3) is 0.678. The number of hydrogen-bond donors (Lipinski definition) is 7. The molecule has 2 rings (SSSR count). The summed E-state index contributed by atoms with van der Waals surface area (Å²) in [6.07, 6.45) is 44.5. The van der Waals surface area contributed by atoms with E-state index >= 15 is 0 Å². The number of aliphatic hydroxyl groups is 7. The van der Waals surface area contributed by atoms with Crippen molar-refractivity contribution < 1.29 is 69.0 Å². The number of aliphatic hydroxyl groups excluding tert-OH is 7. The molecule has 2 saturated heterocycles. The molecule has 0 amide bonds. The van der Waals surface area contributed by atoms with Gasteiger partial charge in [0.05, 0.1) is 26.4 Å². The molecule has 0 radical (unpaired) electrons. The Morgan fingerprint density at radius 1 is 0.452 bits per heavy atom. The Balaban J connectivity index is 1.73. The predicted octanol–water partition coefficient (Wildman–Crippen LogP) is 9.18. The van der Waals surface area contributed by atoms with Gasteiger partial charge in [-0.15, -0.1) is 0 Å². The summed E-state index contributed by atoms with van der Waals surface area (Å²) >= 11 is 0. The summed E-state index contributed by atoms with van der Waals surface area (Å²) in [6.45, 7) is 3.27. The largest absolute Gasteiger partial charge is 0.457 e. The fourth-order valence-corrected chi connectivity index (χ4v) is 7.90. The minimum atomic E-state index is -1.72. The number of allylic oxidation sites excluding steroid dienone is 18. The van der Waals surface area contributed by atoms with E-state index in [2.05, 4.69) is 123 Å². The van der Waals surface area contributed by atoms with Crippen LogP contribution in [0.5, 0.6) is 0 Å². The zero-order valence-corrected chi connectivity index (χ0v) is 44.3. The van der Waals surface area contributed by atoms with E-state index in [4.69, 9.17) is 28.4 Å². The van der Waals surface area contributed by atoms with Crippen LogP contribution in [-0.4, -0.2) is 142 Å². The lowest BCUT2D eigenvalue weighted by Gasteiger charge is -2.42. The maximum Gasteiger partial charge on any atom is 0.306 e. The predicted molar refractivity (Wildman–Crippen MR) is 288 cm³/mol. The summed E-state index contributed by atoms with van der Waals surface area (Å²) in [4.78, 5) is 13.0. The topological polar surface area (TPSA) is 214 Å². The maximum atomic E-state index is 13.0. The molecule has 7 N–H and O–H groups in total. The second kappa shape index (κ2) is 44.9. The van der Waals surface area contributed by atoms with Gasteiger partial charge < -0.3 is 64.2 Å². The molecule has 0 aromatic heterocycles. The third-order valence-electron chi connectivity index (χ3n) is 12.3. The normalized spacial score (nSPS) is 25.8. The molecule has 0 saturated carbocycles. The van der Waals surface area contributed by atoms with E-state index in [-0.39, 0.29) is 19.6 Å². The van der Waals surface area contributed by atoms with Crippen LogP contribution >= 0.6 is 0 Å². The maximum absolute atomic E-state index is 13.0. The first-order valence-corrected chi connectivity index (χ1v) is 27.5. The number of carbonyl (C=O) groups is 1. The van der Waals surface area contributed by atoms with E-state index in [1.165, 1.54) is 32.1 Å². The number of carbonyl (C=O) groups excluding carboxylic acids is 1. The number of ether oxygens (including phenoxy) is 6. The molecular formula is C59H96O14. The van der Waals surface area contributed by atoms with Crippen molar-refractivity contribution in [3.05, 3.63) is 109 Å². The molecule has 0 aromatic rings. The highest BCUT2D eigenvalue weighted by atomic mass is 16.7. The van der Waals surface area contributed by atoms with Crippen LogP contribution in [0.15, 0.2) is 109 Å². The lowest BCUT2D eigenvalue weighted by atomic mass is 9.98. The monoisotopic (exact) mass is 1030 g/mol. The van der Waals surface area contributed by atoms with Gasteiger partial charge in [-0.25, -0.2) is 0 Å². The van der Waals surface area contributed by atoms with E-state index in [0.717, 1.165) is 96.3 Å². The molecule has 0 aromatic carbocycles. The Hall–Kier alpha value is -3.35. The smallest absolute Gasteiger partial charge is 0.306 e. The molecule has 2 aliphatic rings. The van der Waals surface area contributed by atoms with Crippen LogP contribution in [0.2, 0.25) is 0 Å². The van der Waals surface area contributed by atoms with Crippen LogP contribution in [0.4, 0.5) is 0 Å². The number of rotatable bonds is 42. The summed E-state index contributed by atoms with van der Waals surface area (Å²) in [5.41, 5.74) is 0. The van der Waals surface area contributed by atoms with Gasteiger partial charge in [-0.1, -0.05) is 168 Å². The van der Waals surface area contributed by atoms with Gasteiger partial charge in [-0.3, -0.25) is 4.79 Å². The second-order valence-electron chi connectivity index (χ2n) is 18.6. The van der Waals surface area contributed by atoms with Gasteiger partial charge in [-0.2, -0.15) is 0 Å². The first-order chi connectivity index (χ1) is 35.6. The molecule has 2 aliphatic heterocycles. The first-order valence-electron chi connectivity index (χ1n) is 27.5. The van der Waals surface area contributed by atoms with Crippen molar-refractivity contribution in [2.24, 2.45) is 0 Å². The van der Waals surface area contributed by atoms with Crippen molar-refractivity contribution in [2.45, 2.75) is 223 Å². The van der Waals surface area contributed by atoms with Crippen molar-refractivity contribution in [3.63, 3.8) is 0 Å². The van der Waals surface area contributed by atoms with E-state index < -0.39 is 86.7 Å². The van der Waals surface area contributed by atoms with Crippen molar-refractivity contribution in [3.8, 4) is 0 Å². The third-order valence-corrected chi connectivity index (χ3v) is 12.3. The highest BCUT2D eigenvalue weighted by molar-refractivity contribution is 5.69. The Labute approximate surface area is 438 Å². The van der Waals surface area contributed by atoms with Crippen LogP contribution in [-0.2, 0) is 33.2 Å². The summed E-state index contributed by atoms with van der Waals surface area (Å²) in [5, 5.41) is 72.2. The quantitative estimate of drug-likeness (QED) is 0.0173. The molecule has 416 valence electrons. The molecular weight excluding hydrogens is 933 g/mol. The van der Waals surface area contributed by atoms with Gasteiger partial charge in [0.25, 0.3) is 0 Å². The summed E-state index contributed by atoms with van der Waals surface area (Å²) < 4.78 is 34.2. The molecule has 0 spiro atoms. The summed E-state index contributed by atoms with van der Waals surface area (Å²) in [6, 6.07) is 0. The van der Waals surface area contributed by atoms with Crippen molar-refractivity contribution in [1.82, 2.24) is 0 Å².